The molecule has 140 valence electrons. The molecule has 0 aliphatic carbocycles. The van der Waals surface area contributed by atoms with Gasteiger partial charge in [-0.25, -0.2) is 0 Å². The van der Waals surface area contributed by atoms with Crippen LogP contribution >= 0.6 is 0 Å². The van der Waals surface area contributed by atoms with E-state index in [1.807, 2.05) is 26.8 Å². The largest absolute Gasteiger partial charge is 0.359 e. The van der Waals surface area contributed by atoms with Crippen molar-refractivity contribution < 1.29 is 4.79 Å². The van der Waals surface area contributed by atoms with E-state index in [0.717, 1.165) is 6.54 Å². The minimum Gasteiger partial charge on any atom is -0.359 e. The third kappa shape index (κ3) is 4.97. The number of rotatable bonds is 6. The van der Waals surface area contributed by atoms with Crippen LogP contribution in [0.4, 0.5) is 0 Å². The number of amides is 1. The van der Waals surface area contributed by atoms with Gasteiger partial charge in [0.15, 0.2) is 5.96 Å². The predicted molar refractivity (Wildman–Crippen MR) is 109 cm³/mol. The molecule has 0 aliphatic rings. The molecule has 0 saturated heterocycles. The molecule has 1 unspecified atom stereocenters. The minimum absolute atomic E-state index is 0.0142. The van der Waals surface area contributed by atoms with Gasteiger partial charge in [-0.05, 0) is 50.1 Å². The second kappa shape index (κ2) is 8.70. The number of fused-ring (bicyclic) bond motifs is 1. The quantitative estimate of drug-likeness (QED) is 0.551. The van der Waals surface area contributed by atoms with E-state index in [4.69, 9.17) is 0 Å². The number of hydrogen-bond donors (Lipinski definition) is 3. The van der Waals surface area contributed by atoms with Crippen molar-refractivity contribution in [3.63, 3.8) is 0 Å². The molecular weight excluding hydrogens is 324 g/mol. The molecule has 1 amide bonds. The number of carbonyl (C=O) groups excluding carboxylic acids is 1. The molecule has 3 N–H and O–H groups in total. The van der Waals surface area contributed by atoms with Gasteiger partial charge >= 0.3 is 0 Å². The number of hydrogen-bond acceptors (Lipinski definition) is 2. The van der Waals surface area contributed by atoms with Crippen LogP contribution in [0.2, 0.25) is 0 Å². The van der Waals surface area contributed by atoms with Gasteiger partial charge in [0.1, 0.15) is 0 Å². The van der Waals surface area contributed by atoms with E-state index in [9.17, 15) is 4.79 Å². The number of nitrogens with zero attached hydrogens (tertiary/aromatic N) is 1. The summed E-state index contributed by atoms with van der Waals surface area (Å²) >= 11 is 0. The highest BCUT2D eigenvalue weighted by atomic mass is 16.2. The van der Waals surface area contributed by atoms with Crippen LogP contribution in [0.3, 0.4) is 0 Å². The maximum Gasteiger partial charge on any atom is 0.227 e. The number of aliphatic imine (C=N–C) groups is 1. The first-order chi connectivity index (χ1) is 12.4. The van der Waals surface area contributed by atoms with Crippen LogP contribution in [0.15, 0.2) is 47.5 Å². The van der Waals surface area contributed by atoms with Crippen LogP contribution in [-0.2, 0) is 4.79 Å². The highest BCUT2D eigenvalue weighted by molar-refractivity contribution is 5.85. The summed E-state index contributed by atoms with van der Waals surface area (Å²) in [5.74, 6) is 0.699. The van der Waals surface area contributed by atoms with Crippen molar-refractivity contribution in [2.24, 2.45) is 10.4 Å². The first-order valence-electron chi connectivity index (χ1n) is 9.13. The Hall–Kier alpha value is -2.56. The van der Waals surface area contributed by atoms with Crippen LogP contribution in [0.25, 0.3) is 10.8 Å². The Morgan fingerprint density at radius 1 is 1.15 bits per heavy atom. The summed E-state index contributed by atoms with van der Waals surface area (Å²) in [6.45, 7) is 9.10. The fourth-order valence-electron chi connectivity index (χ4n) is 2.77. The Morgan fingerprint density at radius 2 is 1.85 bits per heavy atom. The summed E-state index contributed by atoms with van der Waals surface area (Å²) in [6.07, 6.45) is 0. The first-order valence-corrected chi connectivity index (χ1v) is 9.13. The average Bonchev–Trinajstić information content (AvgIpc) is 2.65. The van der Waals surface area contributed by atoms with Crippen molar-refractivity contribution in [3.05, 3.63) is 48.0 Å². The Morgan fingerprint density at radius 3 is 2.50 bits per heavy atom. The number of nitrogens with one attached hydrogen (secondary N) is 3. The summed E-state index contributed by atoms with van der Waals surface area (Å²) in [4.78, 5) is 16.6. The first kappa shape index (κ1) is 19.8. The lowest BCUT2D eigenvalue weighted by atomic mass is 9.93. The monoisotopic (exact) mass is 354 g/mol. The zero-order valence-electron chi connectivity index (χ0n) is 16.4. The molecule has 2 aromatic carbocycles. The molecule has 0 fully saturated rings. The van der Waals surface area contributed by atoms with Gasteiger partial charge < -0.3 is 16.0 Å². The fraction of sp³-hybridized carbons (Fsp3) is 0.429. The molecule has 0 spiro atoms. The topological polar surface area (TPSA) is 65.5 Å². The number of carbonyl (C=O) groups is 1. The Bertz CT molecular complexity index is 782. The molecule has 0 bridgehead atoms. The van der Waals surface area contributed by atoms with Crippen LogP contribution in [0.5, 0.6) is 0 Å². The van der Waals surface area contributed by atoms with E-state index < -0.39 is 5.41 Å². The van der Waals surface area contributed by atoms with E-state index in [2.05, 4.69) is 64.3 Å². The zero-order valence-corrected chi connectivity index (χ0v) is 16.4. The highest BCUT2D eigenvalue weighted by Crippen LogP contribution is 2.20. The lowest BCUT2D eigenvalue weighted by Crippen LogP contribution is -2.41. The van der Waals surface area contributed by atoms with E-state index in [1.165, 1.54) is 16.3 Å². The van der Waals surface area contributed by atoms with Gasteiger partial charge in [-0.3, -0.25) is 9.79 Å². The van der Waals surface area contributed by atoms with Crippen molar-refractivity contribution in [2.75, 3.05) is 20.1 Å². The van der Waals surface area contributed by atoms with Gasteiger partial charge in [0.2, 0.25) is 5.91 Å². The standard InChI is InChI=1S/C21H30N4O/c1-6-23-20(24-14-21(3,4)19(26)22-5)25-15(2)17-12-11-16-9-7-8-10-18(16)13-17/h7-13,15H,6,14H2,1-5H3,(H,22,26)(H2,23,24,25). The van der Waals surface area contributed by atoms with Gasteiger partial charge in [0.25, 0.3) is 0 Å². The fourth-order valence-corrected chi connectivity index (χ4v) is 2.77. The average molecular weight is 354 g/mol. The molecule has 0 aromatic heterocycles. The minimum atomic E-state index is -0.552. The molecule has 0 aliphatic heterocycles. The van der Waals surface area contributed by atoms with Crippen molar-refractivity contribution in [2.45, 2.75) is 33.7 Å². The molecule has 2 rings (SSSR count). The molecule has 0 heterocycles. The van der Waals surface area contributed by atoms with Crippen molar-refractivity contribution >= 4 is 22.6 Å². The van der Waals surface area contributed by atoms with Crippen LogP contribution in [-0.4, -0.2) is 32.0 Å². The molecule has 0 saturated carbocycles. The van der Waals surface area contributed by atoms with Gasteiger partial charge in [-0.15, -0.1) is 0 Å². The lowest BCUT2D eigenvalue weighted by molar-refractivity contribution is -0.128. The highest BCUT2D eigenvalue weighted by Gasteiger charge is 2.26. The molecule has 5 heteroatoms. The van der Waals surface area contributed by atoms with Crippen LogP contribution in [0, 0.1) is 5.41 Å². The second-order valence-corrected chi connectivity index (χ2v) is 7.13. The predicted octanol–water partition coefficient (Wildman–Crippen LogP) is 3.23. The van der Waals surface area contributed by atoms with Crippen molar-refractivity contribution in [3.8, 4) is 0 Å². The second-order valence-electron chi connectivity index (χ2n) is 7.13. The number of benzene rings is 2. The van der Waals surface area contributed by atoms with Gasteiger partial charge in [-0.1, -0.05) is 36.4 Å². The van der Waals surface area contributed by atoms with Crippen molar-refractivity contribution in [1.29, 1.82) is 0 Å². The normalized spacial score (nSPS) is 13.3. The lowest BCUT2D eigenvalue weighted by Gasteiger charge is -2.23. The maximum absolute atomic E-state index is 12.0. The summed E-state index contributed by atoms with van der Waals surface area (Å²) in [5, 5.41) is 11.8. The Kier molecular flexibility index (Phi) is 6.61. The molecular formula is C21H30N4O. The van der Waals surface area contributed by atoms with Crippen LogP contribution < -0.4 is 16.0 Å². The molecule has 2 aromatic rings. The summed E-state index contributed by atoms with van der Waals surface area (Å²) in [7, 11) is 1.65. The molecule has 26 heavy (non-hydrogen) atoms. The molecule has 0 radical (unpaired) electrons. The molecule has 1 atom stereocenters. The number of guanidine groups is 1. The summed E-state index contributed by atoms with van der Waals surface area (Å²) in [5.41, 5.74) is 0.642. The zero-order chi connectivity index (χ0) is 19.2. The van der Waals surface area contributed by atoms with Gasteiger partial charge in [0, 0.05) is 13.6 Å². The van der Waals surface area contributed by atoms with Gasteiger partial charge in [-0.2, -0.15) is 0 Å². The van der Waals surface area contributed by atoms with E-state index in [0.29, 0.717) is 12.5 Å². The Labute approximate surface area is 156 Å². The molecule has 5 nitrogen and oxygen atoms in total. The maximum atomic E-state index is 12.0. The SMILES string of the molecule is CCNC(=NCC(C)(C)C(=O)NC)NC(C)c1ccc2ccccc2c1. The van der Waals surface area contributed by atoms with E-state index >= 15 is 0 Å². The van der Waals surface area contributed by atoms with E-state index in [-0.39, 0.29) is 11.9 Å². The Balaban J connectivity index is 2.14. The van der Waals surface area contributed by atoms with Crippen LogP contribution in [0.1, 0.15) is 39.3 Å². The van der Waals surface area contributed by atoms with E-state index in [1.54, 1.807) is 7.05 Å². The van der Waals surface area contributed by atoms with Gasteiger partial charge in [0.05, 0.1) is 18.0 Å². The summed E-state index contributed by atoms with van der Waals surface area (Å²) < 4.78 is 0. The smallest absolute Gasteiger partial charge is 0.227 e. The van der Waals surface area contributed by atoms with Crippen molar-refractivity contribution in [1.82, 2.24) is 16.0 Å². The summed E-state index contributed by atoms with van der Waals surface area (Å²) in [6, 6.07) is 14.9. The third-order valence-electron chi connectivity index (χ3n) is 4.45. The third-order valence-corrected chi connectivity index (χ3v) is 4.45.